The third kappa shape index (κ3) is 5.16. The number of likely N-dealkylation sites (tertiary alicyclic amines) is 1. The summed E-state index contributed by atoms with van der Waals surface area (Å²) in [5.74, 6) is 1.44. The van der Waals surface area contributed by atoms with Gasteiger partial charge in [0.05, 0.1) is 0 Å². The number of hydrogen-bond acceptors (Lipinski definition) is 3. The SMILES string of the molecule is CC(C)(C)[C@@H](NC(N)=O)C(=O)N1CC[C@@H](CSc2ccccc2)C1. The lowest BCUT2D eigenvalue weighted by molar-refractivity contribution is -0.134. The lowest BCUT2D eigenvalue weighted by Crippen LogP contribution is -2.55. The second kappa shape index (κ2) is 7.92. The van der Waals surface area contributed by atoms with Crippen molar-refractivity contribution in [2.45, 2.75) is 38.1 Å². The van der Waals surface area contributed by atoms with Gasteiger partial charge in [0.2, 0.25) is 5.91 Å². The molecule has 2 rings (SSSR count). The first-order valence-corrected chi connectivity index (χ1v) is 9.28. The molecule has 0 aromatic heterocycles. The lowest BCUT2D eigenvalue weighted by atomic mass is 9.86. The van der Waals surface area contributed by atoms with Crippen LogP contribution in [0.5, 0.6) is 0 Å². The van der Waals surface area contributed by atoms with Crippen molar-refractivity contribution in [3.05, 3.63) is 30.3 Å². The van der Waals surface area contributed by atoms with Crippen LogP contribution in [-0.2, 0) is 4.79 Å². The van der Waals surface area contributed by atoms with Crippen LogP contribution in [0.2, 0.25) is 0 Å². The molecule has 5 nitrogen and oxygen atoms in total. The highest BCUT2D eigenvalue weighted by Crippen LogP contribution is 2.28. The summed E-state index contributed by atoms with van der Waals surface area (Å²) in [6.45, 7) is 7.29. The Labute approximate surface area is 148 Å². The monoisotopic (exact) mass is 349 g/mol. The van der Waals surface area contributed by atoms with Crippen LogP contribution < -0.4 is 11.1 Å². The van der Waals surface area contributed by atoms with E-state index >= 15 is 0 Å². The zero-order valence-corrected chi connectivity index (χ0v) is 15.4. The number of thioether (sulfide) groups is 1. The topological polar surface area (TPSA) is 75.4 Å². The molecule has 0 aliphatic carbocycles. The van der Waals surface area contributed by atoms with Gasteiger partial charge in [-0.05, 0) is 29.9 Å². The van der Waals surface area contributed by atoms with Gasteiger partial charge in [-0.25, -0.2) is 4.79 Å². The summed E-state index contributed by atoms with van der Waals surface area (Å²) in [6.07, 6.45) is 0.999. The van der Waals surface area contributed by atoms with Crippen LogP contribution in [0.1, 0.15) is 27.2 Å². The highest BCUT2D eigenvalue weighted by Gasteiger charge is 2.37. The van der Waals surface area contributed by atoms with Crippen LogP contribution in [-0.4, -0.2) is 41.7 Å². The lowest BCUT2D eigenvalue weighted by Gasteiger charge is -2.33. The van der Waals surface area contributed by atoms with E-state index in [-0.39, 0.29) is 11.3 Å². The number of benzene rings is 1. The number of rotatable bonds is 5. The normalized spacial score (nSPS) is 19.1. The van der Waals surface area contributed by atoms with Crippen LogP contribution in [0.4, 0.5) is 4.79 Å². The molecular formula is C18H27N3O2S. The van der Waals surface area contributed by atoms with Crippen molar-refractivity contribution in [2.75, 3.05) is 18.8 Å². The van der Waals surface area contributed by atoms with Gasteiger partial charge < -0.3 is 16.0 Å². The molecular weight excluding hydrogens is 322 g/mol. The Morgan fingerprint density at radius 3 is 2.58 bits per heavy atom. The number of carbonyl (C=O) groups is 2. The highest BCUT2D eigenvalue weighted by molar-refractivity contribution is 7.99. The minimum atomic E-state index is -0.654. The number of primary amides is 1. The number of hydrogen-bond donors (Lipinski definition) is 2. The minimum Gasteiger partial charge on any atom is -0.352 e. The molecule has 1 fully saturated rings. The quantitative estimate of drug-likeness (QED) is 0.803. The number of nitrogens with one attached hydrogen (secondary N) is 1. The Kier molecular flexibility index (Phi) is 6.15. The van der Waals surface area contributed by atoms with Crippen LogP contribution >= 0.6 is 11.8 Å². The summed E-state index contributed by atoms with van der Waals surface area (Å²) in [4.78, 5) is 27.2. The first-order valence-electron chi connectivity index (χ1n) is 8.30. The second-order valence-corrected chi connectivity index (χ2v) is 8.46. The van der Waals surface area contributed by atoms with Crippen molar-refractivity contribution in [1.29, 1.82) is 0 Å². The fraction of sp³-hybridized carbons (Fsp3) is 0.556. The molecule has 0 bridgehead atoms. The zero-order chi connectivity index (χ0) is 17.7. The Hall–Kier alpha value is -1.69. The molecule has 1 aliphatic rings. The molecule has 24 heavy (non-hydrogen) atoms. The van der Waals surface area contributed by atoms with E-state index in [1.165, 1.54) is 4.90 Å². The van der Waals surface area contributed by atoms with Gasteiger partial charge in [-0.1, -0.05) is 39.0 Å². The number of amides is 3. The summed E-state index contributed by atoms with van der Waals surface area (Å²) in [6, 6.07) is 9.06. The maximum absolute atomic E-state index is 12.8. The maximum Gasteiger partial charge on any atom is 0.312 e. The third-order valence-corrected chi connectivity index (χ3v) is 5.47. The molecule has 1 aromatic rings. The first kappa shape index (κ1) is 18.6. The fourth-order valence-electron chi connectivity index (χ4n) is 2.87. The first-order chi connectivity index (χ1) is 11.3. The predicted octanol–water partition coefficient (Wildman–Crippen LogP) is 2.71. The summed E-state index contributed by atoms with van der Waals surface area (Å²) < 4.78 is 0. The molecule has 0 unspecified atom stereocenters. The fourth-order valence-corrected chi connectivity index (χ4v) is 3.92. The smallest absolute Gasteiger partial charge is 0.312 e. The molecule has 0 radical (unpaired) electrons. The van der Waals surface area contributed by atoms with Crippen molar-refractivity contribution in [3.63, 3.8) is 0 Å². The van der Waals surface area contributed by atoms with E-state index < -0.39 is 12.1 Å². The van der Waals surface area contributed by atoms with Crippen molar-refractivity contribution >= 4 is 23.7 Å². The van der Waals surface area contributed by atoms with Crippen molar-refractivity contribution in [2.24, 2.45) is 17.1 Å². The van der Waals surface area contributed by atoms with Gasteiger partial charge in [-0.2, -0.15) is 0 Å². The second-order valence-electron chi connectivity index (χ2n) is 7.37. The maximum atomic E-state index is 12.8. The Balaban J connectivity index is 1.91. The van der Waals surface area contributed by atoms with Gasteiger partial charge in [-0.15, -0.1) is 11.8 Å². The number of carbonyl (C=O) groups excluding carboxylic acids is 2. The molecule has 1 heterocycles. The average molecular weight is 350 g/mol. The van der Waals surface area contributed by atoms with Crippen molar-refractivity contribution in [1.82, 2.24) is 10.2 Å². The van der Waals surface area contributed by atoms with Crippen molar-refractivity contribution in [3.8, 4) is 0 Å². The van der Waals surface area contributed by atoms with Gasteiger partial charge in [0.25, 0.3) is 0 Å². The largest absolute Gasteiger partial charge is 0.352 e. The molecule has 132 valence electrons. The van der Waals surface area contributed by atoms with E-state index in [2.05, 4.69) is 17.4 Å². The van der Waals surface area contributed by atoms with Crippen LogP contribution in [0.3, 0.4) is 0 Å². The molecule has 1 aliphatic heterocycles. The predicted molar refractivity (Wildman–Crippen MR) is 97.8 cm³/mol. The van der Waals surface area contributed by atoms with E-state index in [0.29, 0.717) is 5.92 Å². The molecule has 3 N–H and O–H groups in total. The standard InChI is InChI=1S/C18H27N3O2S/c1-18(2,3)15(20-17(19)23)16(22)21-10-9-13(11-21)12-24-14-7-5-4-6-8-14/h4-8,13,15H,9-12H2,1-3H3,(H3,19,20,23)/t13-,15+/m1/s1. The van der Waals surface area contributed by atoms with Gasteiger partial charge in [-0.3, -0.25) is 4.79 Å². The van der Waals surface area contributed by atoms with Gasteiger partial charge in [0.1, 0.15) is 6.04 Å². The minimum absolute atomic E-state index is 0.0338. The van der Waals surface area contributed by atoms with Crippen LogP contribution in [0, 0.1) is 11.3 Å². The molecule has 0 saturated carbocycles. The van der Waals surface area contributed by atoms with Crippen LogP contribution in [0.25, 0.3) is 0 Å². The van der Waals surface area contributed by atoms with Gasteiger partial charge in [0, 0.05) is 23.7 Å². The van der Waals surface area contributed by atoms with E-state index in [1.54, 1.807) is 0 Å². The summed E-state index contributed by atoms with van der Waals surface area (Å²) in [5.41, 5.74) is 4.87. The number of urea groups is 1. The molecule has 0 spiro atoms. The highest BCUT2D eigenvalue weighted by atomic mass is 32.2. The van der Waals surface area contributed by atoms with Gasteiger partial charge in [0.15, 0.2) is 0 Å². The third-order valence-electron chi connectivity index (χ3n) is 4.23. The molecule has 1 saturated heterocycles. The van der Waals surface area contributed by atoms with Gasteiger partial charge >= 0.3 is 6.03 Å². The van der Waals surface area contributed by atoms with E-state index in [4.69, 9.17) is 5.73 Å². The van der Waals surface area contributed by atoms with Crippen molar-refractivity contribution < 1.29 is 9.59 Å². The molecule has 3 amide bonds. The Bertz CT molecular complexity index is 571. The number of nitrogens with two attached hydrogens (primary N) is 1. The molecule has 2 atom stereocenters. The Morgan fingerprint density at radius 1 is 1.33 bits per heavy atom. The summed E-state index contributed by atoms with van der Waals surface area (Å²) >= 11 is 1.83. The summed E-state index contributed by atoms with van der Waals surface area (Å²) in [5, 5.41) is 2.61. The van der Waals surface area contributed by atoms with E-state index in [0.717, 1.165) is 25.3 Å². The zero-order valence-electron chi connectivity index (χ0n) is 14.6. The summed E-state index contributed by atoms with van der Waals surface area (Å²) in [7, 11) is 0. The molecule has 1 aromatic carbocycles. The average Bonchev–Trinajstić information content (AvgIpc) is 2.99. The molecule has 6 heteroatoms. The van der Waals surface area contributed by atoms with Crippen LogP contribution in [0.15, 0.2) is 35.2 Å². The van der Waals surface area contributed by atoms with E-state index in [1.807, 2.05) is 55.6 Å². The number of nitrogens with zero attached hydrogens (tertiary/aromatic N) is 1. The Morgan fingerprint density at radius 2 is 2.00 bits per heavy atom. The van der Waals surface area contributed by atoms with E-state index in [9.17, 15) is 9.59 Å².